The first-order valence-corrected chi connectivity index (χ1v) is 11.5. The summed E-state index contributed by atoms with van der Waals surface area (Å²) < 4.78 is 27.3. The molecule has 1 aliphatic heterocycles. The standard InChI is InChI=1S/C25H28FN3O3/c26-18-10-8-17(9-11-18)23-24(29(16-28-23)19-5-2-1-3-6-19)21-12-13-22(32-21)25(30)27-15-20-7-4-14-31-20/h8-13,16,19-20H,1-7,14-15H2,(H,27,30)/t20-/m1/s1. The van der Waals surface area contributed by atoms with E-state index in [1.54, 1.807) is 18.2 Å². The van der Waals surface area contributed by atoms with Crippen molar-refractivity contribution in [3.63, 3.8) is 0 Å². The fourth-order valence-electron chi connectivity index (χ4n) is 4.75. The summed E-state index contributed by atoms with van der Waals surface area (Å²) in [6.45, 7) is 1.23. The lowest BCUT2D eigenvalue weighted by Gasteiger charge is -2.24. The summed E-state index contributed by atoms with van der Waals surface area (Å²) in [6, 6.07) is 10.2. The van der Waals surface area contributed by atoms with Gasteiger partial charge in [-0.2, -0.15) is 0 Å². The summed E-state index contributed by atoms with van der Waals surface area (Å²) in [5.74, 6) is 0.318. The van der Waals surface area contributed by atoms with Crippen molar-refractivity contribution in [2.45, 2.75) is 57.1 Å². The van der Waals surface area contributed by atoms with E-state index in [0.29, 0.717) is 18.3 Å². The summed E-state index contributed by atoms with van der Waals surface area (Å²) in [5.41, 5.74) is 2.38. The molecule has 2 aromatic heterocycles. The minimum Gasteiger partial charge on any atom is -0.449 e. The van der Waals surface area contributed by atoms with Crippen molar-refractivity contribution < 1.29 is 18.3 Å². The fraction of sp³-hybridized carbons (Fsp3) is 0.440. The zero-order valence-electron chi connectivity index (χ0n) is 18.1. The summed E-state index contributed by atoms with van der Waals surface area (Å²) in [6.07, 6.45) is 9.71. The van der Waals surface area contributed by atoms with Gasteiger partial charge in [-0.3, -0.25) is 4.79 Å². The Hall–Kier alpha value is -2.93. The number of furan rings is 1. The molecular formula is C25H28FN3O3. The van der Waals surface area contributed by atoms with Crippen molar-refractivity contribution in [2.75, 3.05) is 13.2 Å². The molecular weight excluding hydrogens is 409 g/mol. The normalized spacial score (nSPS) is 19.3. The van der Waals surface area contributed by atoms with Gasteiger partial charge in [0, 0.05) is 24.8 Å². The molecule has 32 heavy (non-hydrogen) atoms. The molecule has 5 rings (SSSR count). The first kappa shape index (κ1) is 20.9. The van der Waals surface area contributed by atoms with E-state index in [1.807, 2.05) is 12.4 Å². The molecule has 6 nitrogen and oxygen atoms in total. The van der Waals surface area contributed by atoms with Crippen LogP contribution in [0.1, 0.15) is 61.5 Å². The fourth-order valence-corrected chi connectivity index (χ4v) is 4.75. The van der Waals surface area contributed by atoms with Gasteiger partial charge in [-0.1, -0.05) is 19.3 Å². The number of imidazole rings is 1. The lowest BCUT2D eigenvalue weighted by Crippen LogP contribution is -2.31. The Morgan fingerprint density at radius 1 is 1.06 bits per heavy atom. The number of hydrogen-bond donors (Lipinski definition) is 1. The molecule has 1 amide bonds. The Morgan fingerprint density at radius 3 is 2.62 bits per heavy atom. The van der Waals surface area contributed by atoms with Crippen molar-refractivity contribution in [3.8, 4) is 22.7 Å². The Labute approximate surface area is 186 Å². The van der Waals surface area contributed by atoms with Crippen LogP contribution in [0.5, 0.6) is 0 Å². The molecule has 1 aromatic carbocycles. The monoisotopic (exact) mass is 437 g/mol. The number of carbonyl (C=O) groups is 1. The van der Waals surface area contributed by atoms with E-state index in [9.17, 15) is 9.18 Å². The molecule has 1 aliphatic carbocycles. The molecule has 2 aliphatic rings. The van der Waals surface area contributed by atoms with Crippen LogP contribution in [0.4, 0.5) is 4.39 Å². The van der Waals surface area contributed by atoms with Crippen LogP contribution < -0.4 is 5.32 Å². The molecule has 3 aromatic rings. The van der Waals surface area contributed by atoms with Crippen LogP contribution in [-0.2, 0) is 4.74 Å². The van der Waals surface area contributed by atoms with Gasteiger partial charge < -0.3 is 19.0 Å². The van der Waals surface area contributed by atoms with E-state index >= 15 is 0 Å². The number of benzene rings is 1. The molecule has 168 valence electrons. The quantitative estimate of drug-likeness (QED) is 0.563. The van der Waals surface area contributed by atoms with Gasteiger partial charge in [0.25, 0.3) is 5.91 Å². The third kappa shape index (κ3) is 4.35. The number of nitrogens with one attached hydrogen (secondary N) is 1. The number of nitrogens with zero attached hydrogens (tertiary/aromatic N) is 2. The second-order valence-electron chi connectivity index (χ2n) is 8.66. The maximum absolute atomic E-state index is 13.5. The number of amides is 1. The second kappa shape index (κ2) is 9.28. The van der Waals surface area contributed by atoms with E-state index in [1.165, 1.54) is 31.4 Å². The first-order valence-electron chi connectivity index (χ1n) is 11.5. The van der Waals surface area contributed by atoms with Crippen molar-refractivity contribution in [3.05, 3.63) is 54.3 Å². The van der Waals surface area contributed by atoms with Gasteiger partial charge in [-0.05, 0) is 62.1 Å². The topological polar surface area (TPSA) is 69.3 Å². The van der Waals surface area contributed by atoms with Gasteiger partial charge in [-0.25, -0.2) is 9.37 Å². The van der Waals surface area contributed by atoms with Crippen LogP contribution >= 0.6 is 0 Å². The van der Waals surface area contributed by atoms with E-state index in [4.69, 9.17) is 9.15 Å². The molecule has 0 unspecified atom stereocenters. The number of halogens is 1. The van der Waals surface area contributed by atoms with Crippen LogP contribution in [0, 0.1) is 5.82 Å². The number of ether oxygens (including phenoxy) is 1. The number of rotatable bonds is 6. The highest BCUT2D eigenvalue weighted by Gasteiger charge is 2.25. The molecule has 2 fully saturated rings. The van der Waals surface area contributed by atoms with E-state index in [0.717, 1.165) is 49.2 Å². The number of hydrogen-bond acceptors (Lipinski definition) is 4. The first-order chi connectivity index (χ1) is 15.7. The molecule has 0 spiro atoms. The Balaban J connectivity index is 1.45. The Kier molecular flexibility index (Phi) is 6.08. The Bertz CT molecular complexity index is 1060. The van der Waals surface area contributed by atoms with Gasteiger partial charge in [-0.15, -0.1) is 0 Å². The van der Waals surface area contributed by atoms with Crippen molar-refractivity contribution >= 4 is 5.91 Å². The molecule has 0 bridgehead atoms. The van der Waals surface area contributed by atoms with Gasteiger partial charge in [0.1, 0.15) is 11.5 Å². The van der Waals surface area contributed by atoms with Gasteiger partial charge in [0.2, 0.25) is 0 Å². The van der Waals surface area contributed by atoms with Crippen LogP contribution in [0.15, 0.2) is 47.1 Å². The van der Waals surface area contributed by atoms with Crippen molar-refractivity contribution in [2.24, 2.45) is 0 Å². The lowest BCUT2D eigenvalue weighted by atomic mass is 9.95. The van der Waals surface area contributed by atoms with Gasteiger partial charge in [0.05, 0.1) is 18.1 Å². The van der Waals surface area contributed by atoms with Gasteiger partial charge >= 0.3 is 0 Å². The molecule has 7 heteroatoms. The van der Waals surface area contributed by atoms with Crippen LogP contribution in [0.25, 0.3) is 22.7 Å². The van der Waals surface area contributed by atoms with Crippen LogP contribution in [0.2, 0.25) is 0 Å². The van der Waals surface area contributed by atoms with Crippen molar-refractivity contribution in [1.29, 1.82) is 0 Å². The summed E-state index contributed by atoms with van der Waals surface area (Å²) >= 11 is 0. The molecule has 1 saturated carbocycles. The summed E-state index contributed by atoms with van der Waals surface area (Å²) in [5, 5.41) is 2.91. The highest BCUT2D eigenvalue weighted by Crippen LogP contribution is 2.38. The third-order valence-electron chi connectivity index (χ3n) is 6.46. The van der Waals surface area contributed by atoms with E-state index in [2.05, 4.69) is 14.9 Å². The predicted octanol–water partition coefficient (Wildman–Crippen LogP) is 5.36. The zero-order valence-corrected chi connectivity index (χ0v) is 18.1. The van der Waals surface area contributed by atoms with Crippen LogP contribution in [0.3, 0.4) is 0 Å². The minimum atomic E-state index is -0.287. The maximum Gasteiger partial charge on any atom is 0.287 e. The third-order valence-corrected chi connectivity index (χ3v) is 6.46. The largest absolute Gasteiger partial charge is 0.449 e. The molecule has 0 radical (unpaired) electrons. The summed E-state index contributed by atoms with van der Waals surface area (Å²) in [4.78, 5) is 17.3. The maximum atomic E-state index is 13.5. The SMILES string of the molecule is O=C(NC[C@H]1CCCO1)c1ccc(-c2c(-c3ccc(F)cc3)ncn2C2CCCCC2)o1. The lowest BCUT2D eigenvalue weighted by molar-refractivity contribution is 0.0836. The predicted molar refractivity (Wildman–Crippen MR) is 119 cm³/mol. The molecule has 3 heterocycles. The van der Waals surface area contributed by atoms with Gasteiger partial charge in [0.15, 0.2) is 11.5 Å². The Morgan fingerprint density at radius 2 is 1.88 bits per heavy atom. The molecule has 1 N–H and O–H groups in total. The number of carbonyl (C=O) groups excluding carboxylic acids is 1. The minimum absolute atomic E-state index is 0.0752. The average Bonchev–Trinajstić information content (AvgIpc) is 3.59. The highest BCUT2D eigenvalue weighted by molar-refractivity contribution is 5.92. The average molecular weight is 438 g/mol. The second-order valence-corrected chi connectivity index (χ2v) is 8.66. The molecule has 1 saturated heterocycles. The summed E-state index contributed by atoms with van der Waals surface area (Å²) in [7, 11) is 0. The van der Waals surface area contributed by atoms with E-state index in [-0.39, 0.29) is 23.6 Å². The number of aromatic nitrogens is 2. The zero-order chi connectivity index (χ0) is 21.9. The van der Waals surface area contributed by atoms with Crippen LogP contribution in [-0.4, -0.2) is 34.7 Å². The molecule has 1 atom stereocenters. The van der Waals surface area contributed by atoms with E-state index < -0.39 is 0 Å². The van der Waals surface area contributed by atoms with Crippen molar-refractivity contribution in [1.82, 2.24) is 14.9 Å². The highest BCUT2D eigenvalue weighted by atomic mass is 19.1. The smallest absolute Gasteiger partial charge is 0.287 e.